The van der Waals surface area contributed by atoms with Gasteiger partial charge in [0.25, 0.3) is 0 Å². The molecule has 0 aliphatic heterocycles. The van der Waals surface area contributed by atoms with Crippen molar-refractivity contribution in [2.45, 2.75) is 30.1 Å². The number of aromatic nitrogens is 6. The van der Waals surface area contributed by atoms with Crippen LogP contribution in [0.3, 0.4) is 0 Å². The van der Waals surface area contributed by atoms with Crippen LogP contribution in [-0.2, 0) is 6.54 Å². The molecule has 21 heavy (non-hydrogen) atoms. The molecule has 0 spiro atoms. The summed E-state index contributed by atoms with van der Waals surface area (Å²) in [5.74, 6) is 0. The second-order valence-corrected chi connectivity index (χ2v) is 5.39. The topological polar surface area (TPSA) is 92.3 Å². The van der Waals surface area contributed by atoms with Crippen LogP contribution in [0.4, 0.5) is 0 Å². The number of rotatable bonds is 6. The van der Waals surface area contributed by atoms with Crippen molar-refractivity contribution in [1.82, 2.24) is 35.2 Å². The number of imidazole rings is 1. The maximum Gasteiger partial charge on any atom is 0.193 e. The van der Waals surface area contributed by atoms with Gasteiger partial charge in [-0.15, -0.1) is 0 Å². The van der Waals surface area contributed by atoms with Crippen LogP contribution < -0.4 is 5.32 Å². The molecule has 0 saturated heterocycles. The molecular weight excluding hydrogens is 286 g/mol. The Morgan fingerprint density at radius 2 is 2.00 bits per heavy atom. The van der Waals surface area contributed by atoms with Crippen molar-refractivity contribution in [3.63, 3.8) is 0 Å². The second kappa shape index (κ2) is 6.59. The van der Waals surface area contributed by atoms with E-state index in [1.807, 2.05) is 12.4 Å². The molecule has 3 aromatic heterocycles. The van der Waals surface area contributed by atoms with E-state index in [0.29, 0.717) is 10.8 Å². The van der Waals surface area contributed by atoms with Gasteiger partial charge in [-0.2, -0.15) is 0 Å². The summed E-state index contributed by atoms with van der Waals surface area (Å²) in [7, 11) is 0. The third-order valence-electron chi connectivity index (χ3n) is 2.81. The summed E-state index contributed by atoms with van der Waals surface area (Å²) in [6.07, 6.45) is 7.89. The van der Waals surface area contributed by atoms with Crippen LogP contribution in [0.15, 0.2) is 35.2 Å². The lowest BCUT2D eigenvalue weighted by Gasteiger charge is -2.03. The smallest absolute Gasteiger partial charge is 0.193 e. The SMILES string of the molecule is CCCNCc1cnc(Sc2ncnc3nc[nH]c23)nc1. The van der Waals surface area contributed by atoms with E-state index in [2.05, 4.69) is 42.1 Å². The zero-order valence-electron chi connectivity index (χ0n) is 11.6. The third-order valence-corrected chi connectivity index (χ3v) is 3.71. The Hall–Kier alpha value is -2.06. The Balaban J connectivity index is 1.71. The molecule has 108 valence electrons. The molecule has 7 nitrogen and oxygen atoms in total. The molecule has 0 aliphatic carbocycles. The van der Waals surface area contributed by atoms with Crippen LogP contribution >= 0.6 is 11.8 Å². The Kier molecular flexibility index (Phi) is 4.37. The maximum atomic E-state index is 4.36. The monoisotopic (exact) mass is 301 g/mol. The zero-order chi connectivity index (χ0) is 14.5. The summed E-state index contributed by atoms with van der Waals surface area (Å²) < 4.78 is 0. The highest BCUT2D eigenvalue weighted by Crippen LogP contribution is 2.26. The van der Waals surface area contributed by atoms with Crippen molar-refractivity contribution < 1.29 is 0 Å². The standard InChI is InChI=1S/C13H15N7S/c1-2-3-14-4-9-5-15-13(16-6-9)21-12-10-11(18-7-17-10)19-8-20-12/h5-8,14H,2-4H2,1H3,(H,17,18,19,20). The van der Waals surface area contributed by atoms with Gasteiger partial charge in [0, 0.05) is 24.5 Å². The molecule has 0 fully saturated rings. The molecule has 0 bridgehead atoms. The van der Waals surface area contributed by atoms with Crippen molar-refractivity contribution in [3.8, 4) is 0 Å². The predicted octanol–water partition coefficient (Wildman–Crippen LogP) is 1.79. The number of nitrogens with one attached hydrogen (secondary N) is 2. The number of H-pyrrole nitrogens is 1. The van der Waals surface area contributed by atoms with E-state index in [1.165, 1.54) is 18.1 Å². The molecular formula is C13H15N7S. The van der Waals surface area contributed by atoms with Gasteiger partial charge in [0.1, 0.15) is 16.9 Å². The number of aromatic amines is 1. The Labute approximate surface area is 126 Å². The van der Waals surface area contributed by atoms with E-state index in [4.69, 9.17) is 0 Å². The predicted molar refractivity (Wildman–Crippen MR) is 79.8 cm³/mol. The van der Waals surface area contributed by atoms with E-state index in [0.717, 1.165) is 35.6 Å². The number of fused-ring (bicyclic) bond motifs is 1. The van der Waals surface area contributed by atoms with Crippen molar-refractivity contribution >= 4 is 22.9 Å². The number of nitrogens with zero attached hydrogens (tertiary/aromatic N) is 5. The first-order valence-electron chi connectivity index (χ1n) is 6.70. The van der Waals surface area contributed by atoms with Crippen LogP contribution in [0.5, 0.6) is 0 Å². The summed E-state index contributed by atoms with van der Waals surface area (Å²) in [5.41, 5.74) is 2.52. The van der Waals surface area contributed by atoms with E-state index < -0.39 is 0 Å². The van der Waals surface area contributed by atoms with Crippen molar-refractivity contribution in [2.75, 3.05) is 6.54 Å². The Morgan fingerprint density at radius 1 is 1.14 bits per heavy atom. The minimum Gasteiger partial charge on any atom is -0.341 e. The number of hydrogen-bond acceptors (Lipinski definition) is 7. The molecule has 0 unspecified atom stereocenters. The fraction of sp³-hybridized carbons (Fsp3) is 0.308. The molecule has 3 heterocycles. The molecule has 8 heteroatoms. The molecule has 0 atom stereocenters. The van der Waals surface area contributed by atoms with Crippen LogP contribution in [0.2, 0.25) is 0 Å². The zero-order valence-corrected chi connectivity index (χ0v) is 12.4. The van der Waals surface area contributed by atoms with E-state index in [-0.39, 0.29) is 0 Å². The van der Waals surface area contributed by atoms with Gasteiger partial charge in [-0.25, -0.2) is 24.9 Å². The van der Waals surface area contributed by atoms with Gasteiger partial charge in [-0.05, 0) is 24.7 Å². The fourth-order valence-corrected chi connectivity index (χ4v) is 2.54. The molecule has 3 rings (SSSR count). The van der Waals surface area contributed by atoms with Gasteiger partial charge in [0.15, 0.2) is 10.8 Å². The third kappa shape index (κ3) is 3.34. The Morgan fingerprint density at radius 3 is 2.81 bits per heavy atom. The first kappa shape index (κ1) is 13.9. The molecule has 0 radical (unpaired) electrons. The minimum atomic E-state index is 0.646. The maximum absolute atomic E-state index is 4.36. The lowest BCUT2D eigenvalue weighted by Crippen LogP contribution is -2.14. The first-order valence-corrected chi connectivity index (χ1v) is 7.52. The first-order chi connectivity index (χ1) is 10.4. The van der Waals surface area contributed by atoms with Gasteiger partial charge in [0.05, 0.1) is 6.33 Å². The lowest BCUT2D eigenvalue weighted by atomic mass is 10.3. The molecule has 2 N–H and O–H groups in total. The second-order valence-electron chi connectivity index (χ2n) is 4.43. The van der Waals surface area contributed by atoms with Crippen LogP contribution in [-0.4, -0.2) is 36.4 Å². The molecule has 3 aromatic rings. The highest BCUT2D eigenvalue weighted by Gasteiger charge is 2.09. The molecule has 0 amide bonds. The fourth-order valence-electron chi connectivity index (χ4n) is 1.80. The van der Waals surface area contributed by atoms with Crippen molar-refractivity contribution in [3.05, 3.63) is 30.6 Å². The summed E-state index contributed by atoms with van der Waals surface area (Å²) in [6, 6.07) is 0. The molecule has 0 aromatic carbocycles. The van der Waals surface area contributed by atoms with Crippen molar-refractivity contribution in [1.29, 1.82) is 0 Å². The Bertz CT molecular complexity index is 710. The van der Waals surface area contributed by atoms with Crippen LogP contribution in [0.25, 0.3) is 11.2 Å². The van der Waals surface area contributed by atoms with Gasteiger partial charge < -0.3 is 10.3 Å². The van der Waals surface area contributed by atoms with Crippen LogP contribution in [0, 0.1) is 0 Å². The average molecular weight is 301 g/mol. The average Bonchev–Trinajstić information content (AvgIpc) is 2.99. The lowest BCUT2D eigenvalue weighted by molar-refractivity contribution is 0.669. The number of hydrogen-bond donors (Lipinski definition) is 2. The minimum absolute atomic E-state index is 0.646. The van der Waals surface area contributed by atoms with Crippen molar-refractivity contribution in [2.24, 2.45) is 0 Å². The molecule has 0 saturated carbocycles. The summed E-state index contributed by atoms with van der Waals surface area (Å²) in [5, 5.41) is 4.75. The van der Waals surface area contributed by atoms with E-state index >= 15 is 0 Å². The summed E-state index contributed by atoms with van der Waals surface area (Å²) in [6.45, 7) is 3.92. The van der Waals surface area contributed by atoms with Gasteiger partial charge in [0.2, 0.25) is 0 Å². The quantitative estimate of drug-likeness (QED) is 0.407. The van der Waals surface area contributed by atoms with Gasteiger partial charge >= 0.3 is 0 Å². The largest absolute Gasteiger partial charge is 0.341 e. The summed E-state index contributed by atoms with van der Waals surface area (Å²) >= 11 is 1.39. The molecule has 0 aliphatic rings. The highest BCUT2D eigenvalue weighted by molar-refractivity contribution is 7.99. The normalized spacial score (nSPS) is 11.1. The van der Waals surface area contributed by atoms with Crippen LogP contribution in [0.1, 0.15) is 18.9 Å². The highest BCUT2D eigenvalue weighted by atomic mass is 32.2. The van der Waals surface area contributed by atoms with E-state index in [1.54, 1.807) is 6.33 Å². The van der Waals surface area contributed by atoms with Gasteiger partial charge in [-0.3, -0.25) is 0 Å². The van der Waals surface area contributed by atoms with Gasteiger partial charge in [-0.1, -0.05) is 6.92 Å². The summed E-state index contributed by atoms with van der Waals surface area (Å²) in [4.78, 5) is 24.2. The van der Waals surface area contributed by atoms with E-state index in [9.17, 15) is 0 Å².